The highest BCUT2D eigenvalue weighted by Crippen LogP contribution is 2.19. The van der Waals surface area contributed by atoms with Crippen molar-refractivity contribution < 1.29 is 24.3 Å². The van der Waals surface area contributed by atoms with Crippen LogP contribution in [0, 0.1) is 5.92 Å². The number of amides is 3. The molecule has 3 rings (SSSR count). The molecule has 40 heavy (non-hydrogen) atoms. The largest absolute Gasteiger partial charge is 0.480 e. The summed E-state index contributed by atoms with van der Waals surface area (Å²) in [5.41, 5.74) is 8.55. The molecule has 0 aliphatic heterocycles. The van der Waals surface area contributed by atoms with Crippen LogP contribution < -0.4 is 21.7 Å². The summed E-state index contributed by atoms with van der Waals surface area (Å²) in [6.45, 7) is 3.79. The minimum atomic E-state index is -1.24. The molecule has 2 aromatic carbocycles. The molecule has 3 aromatic rings. The molecule has 0 aliphatic carbocycles. The lowest BCUT2D eigenvalue weighted by atomic mass is 9.98. The zero-order valence-corrected chi connectivity index (χ0v) is 23.5. The number of para-hydroxylation sites is 1. The van der Waals surface area contributed by atoms with Gasteiger partial charge in [-0.05, 0) is 23.1 Å². The Bertz CT molecular complexity index is 1310. The van der Waals surface area contributed by atoms with Crippen molar-refractivity contribution in [3.8, 4) is 0 Å². The molecule has 0 saturated heterocycles. The molecule has 0 aliphatic rings. The Labute approximate surface area is 238 Å². The van der Waals surface area contributed by atoms with Crippen LogP contribution in [-0.2, 0) is 32.0 Å². The molecule has 0 spiro atoms. The number of hydrogen-bond acceptors (Lipinski definition) is 6. The fourth-order valence-corrected chi connectivity index (χ4v) is 4.55. The molecule has 0 bridgehead atoms. The van der Waals surface area contributed by atoms with Gasteiger partial charge in [-0.3, -0.25) is 14.4 Å². The number of aliphatic carboxylic acids is 1. The number of carboxylic acids is 1. The van der Waals surface area contributed by atoms with Crippen molar-refractivity contribution >= 4 is 47.2 Å². The van der Waals surface area contributed by atoms with Crippen molar-refractivity contribution in [2.75, 3.05) is 5.75 Å². The molecule has 5 unspecified atom stereocenters. The maximum absolute atomic E-state index is 13.7. The SMILES string of the molecule is CCC(C)C(N)C(=O)NC(Cc1ccccc1)C(=O)NC(Cc1c[nH]c2ccccc12)C(=O)NC(CS)C(=O)O. The second-order valence-electron chi connectivity index (χ2n) is 9.87. The van der Waals surface area contributed by atoms with Gasteiger partial charge in [-0.1, -0.05) is 68.8 Å². The van der Waals surface area contributed by atoms with Crippen LogP contribution in [0.5, 0.6) is 0 Å². The summed E-state index contributed by atoms with van der Waals surface area (Å²) in [5, 5.41) is 18.3. The second kappa shape index (κ2) is 14.5. The number of aromatic nitrogens is 1. The van der Waals surface area contributed by atoms with E-state index in [1.165, 1.54) is 0 Å². The van der Waals surface area contributed by atoms with Crippen LogP contribution in [0.2, 0.25) is 0 Å². The molecule has 0 radical (unpaired) electrons. The number of carboxylic acid groups (broad SMARTS) is 1. The minimum Gasteiger partial charge on any atom is -0.480 e. The highest BCUT2D eigenvalue weighted by Gasteiger charge is 2.31. The van der Waals surface area contributed by atoms with E-state index in [0.29, 0.717) is 6.42 Å². The molecular formula is C29H37N5O5S. The van der Waals surface area contributed by atoms with Crippen LogP contribution in [0.15, 0.2) is 60.8 Å². The summed E-state index contributed by atoms with van der Waals surface area (Å²) in [5.74, 6) is -3.21. The van der Waals surface area contributed by atoms with E-state index in [4.69, 9.17) is 5.73 Å². The maximum atomic E-state index is 13.7. The quantitative estimate of drug-likeness (QED) is 0.147. The third-order valence-electron chi connectivity index (χ3n) is 7.00. The lowest BCUT2D eigenvalue weighted by molar-refractivity contribution is -0.141. The standard InChI is InChI=1S/C29H37N5O5S/c1-3-17(2)25(30)28(37)33-22(13-18-9-5-4-6-10-18)26(35)32-23(27(36)34-24(16-40)29(38)39)14-19-15-31-21-12-8-7-11-20(19)21/h4-12,15,17,22-25,31,40H,3,13-14,16,30H2,1-2H3,(H,32,35)(H,33,37)(H,34,36)(H,38,39). The first-order valence-electron chi connectivity index (χ1n) is 13.2. The number of hydrogen-bond donors (Lipinski definition) is 7. The fraction of sp³-hybridized carbons (Fsp3) is 0.379. The Balaban J connectivity index is 1.89. The van der Waals surface area contributed by atoms with Gasteiger partial charge in [0, 0.05) is 35.7 Å². The number of nitrogens with two attached hydrogens (primary N) is 1. The molecule has 7 N–H and O–H groups in total. The van der Waals surface area contributed by atoms with E-state index in [1.807, 2.05) is 68.4 Å². The summed E-state index contributed by atoms with van der Waals surface area (Å²) in [7, 11) is 0. The Morgan fingerprint density at radius 1 is 0.875 bits per heavy atom. The van der Waals surface area contributed by atoms with Crippen LogP contribution >= 0.6 is 12.6 Å². The third-order valence-corrected chi connectivity index (χ3v) is 7.37. The Hall–Kier alpha value is -3.83. The van der Waals surface area contributed by atoms with Crippen molar-refractivity contribution in [2.24, 2.45) is 11.7 Å². The molecular weight excluding hydrogens is 530 g/mol. The van der Waals surface area contributed by atoms with Crippen molar-refractivity contribution in [3.63, 3.8) is 0 Å². The van der Waals surface area contributed by atoms with Crippen LogP contribution in [0.25, 0.3) is 10.9 Å². The number of thiol groups is 1. The van der Waals surface area contributed by atoms with Gasteiger partial charge in [-0.25, -0.2) is 4.79 Å². The van der Waals surface area contributed by atoms with Crippen LogP contribution in [-0.4, -0.2) is 63.7 Å². The minimum absolute atomic E-state index is 0.0822. The summed E-state index contributed by atoms with van der Waals surface area (Å²) >= 11 is 4.03. The molecule has 11 heteroatoms. The van der Waals surface area contributed by atoms with E-state index < -0.39 is 47.9 Å². The summed E-state index contributed by atoms with van der Waals surface area (Å²) in [4.78, 5) is 54.6. The number of carbonyl (C=O) groups excluding carboxylic acids is 3. The fourth-order valence-electron chi connectivity index (χ4n) is 4.30. The molecule has 0 saturated carbocycles. The first kappa shape index (κ1) is 30.7. The predicted octanol–water partition coefficient (Wildman–Crippen LogP) is 1.80. The molecule has 1 aromatic heterocycles. The highest BCUT2D eigenvalue weighted by atomic mass is 32.1. The van der Waals surface area contributed by atoms with Gasteiger partial charge in [0.1, 0.15) is 18.1 Å². The van der Waals surface area contributed by atoms with E-state index in [1.54, 1.807) is 6.20 Å². The lowest BCUT2D eigenvalue weighted by Crippen LogP contribution is -2.58. The first-order valence-corrected chi connectivity index (χ1v) is 13.9. The van der Waals surface area contributed by atoms with Crippen molar-refractivity contribution in [3.05, 3.63) is 71.9 Å². The van der Waals surface area contributed by atoms with Crippen molar-refractivity contribution in [1.29, 1.82) is 0 Å². The van der Waals surface area contributed by atoms with Crippen LogP contribution in [0.1, 0.15) is 31.4 Å². The van der Waals surface area contributed by atoms with Gasteiger partial charge in [0.2, 0.25) is 17.7 Å². The first-order chi connectivity index (χ1) is 19.1. The average Bonchev–Trinajstić information content (AvgIpc) is 3.37. The summed E-state index contributed by atoms with van der Waals surface area (Å²) < 4.78 is 0. The number of nitrogens with one attached hydrogen (secondary N) is 4. The predicted molar refractivity (Wildman–Crippen MR) is 157 cm³/mol. The van der Waals surface area contributed by atoms with Crippen LogP contribution in [0.4, 0.5) is 0 Å². The van der Waals surface area contributed by atoms with E-state index in [0.717, 1.165) is 22.0 Å². The van der Waals surface area contributed by atoms with Gasteiger partial charge in [0.15, 0.2) is 0 Å². The second-order valence-corrected chi connectivity index (χ2v) is 10.2. The third kappa shape index (κ3) is 8.09. The molecule has 3 amide bonds. The number of H-pyrrole nitrogens is 1. The molecule has 10 nitrogen and oxygen atoms in total. The van der Waals surface area contributed by atoms with E-state index >= 15 is 0 Å². The lowest BCUT2D eigenvalue weighted by Gasteiger charge is -2.26. The molecule has 0 fully saturated rings. The average molecular weight is 568 g/mol. The Morgan fingerprint density at radius 3 is 2.08 bits per heavy atom. The molecule has 1 heterocycles. The zero-order chi connectivity index (χ0) is 29.2. The smallest absolute Gasteiger partial charge is 0.327 e. The topological polar surface area (TPSA) is 166 Å². The summed E-state index contributed by atoms with van der Waals surface area (Å²) in [6.07, 6.45) is 2.69. The Morgan fingerprint density at radius 2 is 1.45 bits per heavy atom. The highest BCUT2D eigenvalue weighted by molar-refractivity contribution is 7.80. The normalized spacial score (nSPS) is 14.9. The van der Waals surface area contributed by atoms with Gasteiger partial charge in [0.25, 0.3) is 0 Å². The summed E-state index contributed by atoms with van der Waals surface area (Å²) in [6, 6.07) is 12.5. The Kier molecular flexibility index (Phi) is 11.2. The maximum Gasteiger partial charge on any atom is 0.327 e. The number of benzene rings is 2. The van der Waals surface area contributed by atoms with E-state index in [-0.39, 0.29) is 24.5 Å². The van der Waals surface area contributed by atoms with E-state index in [2.05, 4.69) is 33.6 Å². The number of carbonyl (C=O) groups is 4. The van der Waals surface area contributed by atoms with Gasteiger partial charge < -0.3 is 31.8 Å². The zero-order valence-electron chi connectivity index (χ0n) is 22.6. The van der Waals surface area contributed by atoms with Crippen molar-refractivity contribution in [1.82, 2.24) is 20.9 Å². The number of rotatable bonds is 14. The van der Waals surface area contributed by atoms with Crippen molar-refractivity contribution in [2.45, 2.75) is 57.3 Å². The van der Waals surface area contributed by atoms with Gasteiger partial charge in [0.05, 0.1) is 6.04 Å². The monoisotopic (exact) mass is 567 g/mol. The molecule has 214 valence electrons. The number of aromatic amines is 1. The number of fused-ring (bicyclic) bond motifs is 1. The van der Waals surface area contributed by atoms with Gasteiger partial charge in [-0.15, -0.1) is 0 Å². The molecule has 5 atom stereocenters. The van der Waals surface area contributed by atoms with E-state index in [9.17, 15) is 24.3 Å². The van der Waals surface area contributed by atoms with Gasteiger partial charge >= 0.3 is 5.97 Å². The van der Waals surface area contributed by atoms with Crippen LogP contribution in [0.3, 0.4) is 0 Å². The van der Waals surface area contributed by atoms with Gasteiger partial charge in [-0.2, -0.15) is 12.6 Å².